The van der Waals surface area contributed by atoms with E-state index in [-0.39, 0.29) is 0 Å². The van der Waals surface area contributed by atoms with Crippen molar-refractivity contribution >= 4 is 21.7 Å². The number of aromatic nitrogens is 3. The SMILES string of the molecule is CCc1ncnc(N2CCN(S(C)(=O)=O)CC2)c1-c1ccc(N)nc1. The minimum atomic E-state index is -3.16. The first-order chi connectivity index (χ1) is 11.9. The Morgan fingerprint density at radius 1 is 1.12 bits per heavy atom. The van der Waals surface area contributed by atoms with Crippen molar-refractivity contribution in [2.24, 2.45) is 0 Å². The van der Waals surface area contributed by atoms with Crippen molar-refractivity contribution < 1.29 is 8.42 Å². The van der Waals surface area contributed by atoms with Crippen LogP contribution >= 0.6 is 0 Å². The Hall–Kier alpha value is -2.26. The Labute approximate surface area is 147 Å². The van der Waals surface area contributed by atoms with Gasteiger partial charge in [0.25, 0.3) is 0 Å². The van der Waals surface area contributed by atoms with E-state index in [9.17, 15) is 8.42 Å². The van der Waals surface area contributed by atoms with E-state index in [1.54, 1.807) is 18.6 Å². The van der Waals surface area contributed by atoms with Gasteiger partial charge in [0, 0.05) is 43.5 Å². The van der Waals surface area contributed by atoms with Gasteiger partial charge in [-0.15, -0.1) is 0 Å². The number of aryl methyl sites for hydroxylation is 1. The molecular weight excluding hydrogens is 340 g/mol. The molecule has 2 N–H and O–H groups in total. The zero-order valence-electron chi connectivity index (χ0n) is 14.4. The molecule has 8 nitrogen and oxygen atoms in total. The monoisotopic (exact) mass is 362 g/mol. The molecule has 0 spiro atoms. The fourth-order valence-corrected chi connectivity index (χ4v) is 3.83. The predicted octanol–water partition coefficient (Wildman–Crippen LogP) is 0.765. The van der Waals surface area contributed by atoms with Crippen LogP contribution in [0.1, 0.15) is 12.6 Å². The lowest BCUT2D eigenvalue weighted by atomic mass is 10.0. The normalized spacial score (nSPS) is 16.2. The molecule has 0 unspecified atom stereocenters. The van der Waals surface area contributed by atoms with Crippen LogP contribution in [0.5, 0.6) is 0 Å². The average Bonchev–Trinajstić information content (AvgIpc) is 2.61. The van der Waals surface area contributed by atoms with Crippen LogP contribution in [-0.2, 0) is 16.4 Å². The lowest BCUT2D eigenvalue weighted by Gasteiger charge is -2.35. The second-order valence-electron chi connectivity index (χ2n) is 5.99. The first kappa shape index (κ1) is 17.6. The second-order valence-corrected chi connectivity index (χ2v) is 7.98. The molecule has 2 aromatic heterocycles. The number of piperazine rings is 1. The van der Waals surface area contributed by atoms with E-state index in [2.05, 4.69) is 19.9 Å². The Bertz CT molecular complexity index is 845. The molecule has 2 aromatic rings. The highest BCUT2D eigenvalue weighted by Crippen LogP contribution is 2.32. The summed E-state index contributed by atoms with van der Waals surface area (Å²) < 4.78 is 24.9. The summed E-state index contributed by atoms with van der Waals surface area (Å²) in [6, 6.07) is 3.67. The number of sulfonamides is 1. The van der Waals surface area contributed by atoms with E-state index in [0.29, 0.717) is 32.0 Å². The second kappa shape index (κ2) is 6.93. The lowest BCUT2D eigenvalue weighted by molar-refractivity contribution is 0.387. The first-order valence-corrected chi connectivity index (χ1v) is 10.0. The molecule has 0 bridgehead atoms. The zero-order chi connectivity index (χ0) is 18.0. The zero-order valence-corrected chi connectivity index (χ0v) is 15.2. The van der Waals surface area contributed by atoms with Crippen LogP contribution in [0.2, 0.25) is 0 Å². The summed E-state index contributed by atoms with van der Waals surface area (Å²) in [5.41, 5.74) is 8.47. The summed E-state index contributed by atoms with van der Waals surface area (Å²) in [6.07, 6.45) is 5.29. The molecule has 0 saturated carbocycles. The van der Waals surface area contributed by atoms with Crippen molar-refractivity contribution in [1.29, 1.82) is 0 Å². The van der Waals surface area contributed by atoms with E-state index >= 15 is 0 Å². The number of hydrogen-bond donors (Lipinski definition) is 1. The van der Waals surface area contributed by atoms with Gasteiger partial charge < -0.3 is 10.6 Å². The van der Waals surface area contributed by atoms with Gasteiger partial charge in [0.15, 0.2) is 0 Å². The van der Waals surface area contributed by atoms with Crippen molar-refractivity contribution in [2.45, 2.75) is 13.3 Å². The van der Waals surface area contributed by atoms with Crippen LogP contribution in [0.25, 0.3) is 11.1 Å². The highest BCUT2D eigenvalue weighted by atomic mass is 32.2. The van der Waals surface area contributed by atoms with Gasteiger partial charge in [0.2, 0.25) is 10.0 Å². The fourth-order valence-electron chi connectivity index (χ4n) is 3.00. The molecule has 0 aliphatic carbocycles. The molecule has 0 amide bonds. The molecule has 1 saturated heterocycles. The van der Waals surface area contributed by atoms with Gasteiger partial charge in [-0.05, 0) is 18.6 Å². The maximum Gasteiger partial charge on any atom is 0.211 e. The maximum atomic E-state index is 11.7. The van der Waals surface area contributed by atoms with Gasteiger partial charge >= 0.3 is 0 Å². The van der Waals surface area contributed by atoms with Crippen molar-refractivity contribution in [3.05, 3.63) is 30.4 Å². The third-order valence-corrected chi connectivity index (χ3v) is 5.63. The number of nitrogens with zero attached hydrogens (tertiary/aromatic N) is 5. The van der Waals surface area contributed by atoms with Crippen molar-refractivity contribution in [3.63, 3.8) is 0 Å². The summed E-state index contributed by atoms with van der Waals surface area (Å²) in [5, 5.41) is 0. The van der Waals surface area contributed by atoms with Crippen LogP contribution in [0, 0.1) is 0 Å². The molecule has 3 heterocycles. The molecule has 0 atom stereocenters. The molecule has 0 aromatic carbocycles. The molecule has 3 rings (SSSR count). The number of hydrogen-bond acceptors (Lipinski definition) is 7. The minimum Gasteiger partial charge on any atom is -0.384 e. The first-order valence-electron chi connectivity index (χ1n) is 8.16. The van der Waals surface area contributed by atoms with Gasteiger partial charge in [-0.25, -0.2) is 23.4 Å². The van der Waals surface area contributed by atoms with Gasteiger partial charge in [0.05, 0.1) is 11.9 Å². The third-order valence-electron chi connectivity index (χ3n) is 4.32. The molecule has 1 aliphatic heterocycles. The summed E-state index contributed by atoms with van der Waals surface area (Å²) >= 11 is 0. The molecular formula is C16H22N6O2S. The Morgan fingerprint density at radius 2 is 1.84 bits per heavy atom. The minimum absolute atomic E-state index is 0.448. The summed E-state index contributed by atoms with van der Waals surface area (Å²) in [7, 11) is -3.16. The van der Waals surface area contributed by atoms with Crippen LogP contribution in [0.3, 0.4) is 0 Å². The number of rotatable bonds is 4. The van der Waals surface area contributed by atoms with Gasteiger partial charge in [-0.3, -0.25) is 0 Å². The quantitative estimate of drug-likeness (QED) is 0.856. The van der Waals surface area contributed by atoms with Crippen molar-refractivity contribution in [3.8, 4) is 11.1 Å². The van der Waals surface area contributed by atoms with E-state index in [1.807, 2.05) is 13.0 Å². The largest absolute Gasteiger partial charge is 0.384 e. The highest BCUT2D eigenvalue weighted by Gasteiger charge is 2.26. The number of nitrogen functional groups attached to an aromatic ring is 1. The lowest BCUT2D eigenvalue weighted by Crippen LogP contribution is -2.48. The van der Waals surface area contributed by atoms with Crippen LogP contribution in [0.4, 0.5) is 11.6 Å². The number of pyridine rings is 1. The molecule has 134 valence electrons. The summed E-state index contributed by atoms with van der Waals surface area (Å²) in [6.45, 7) is 4.11. The van der Waals surface area contributed by atoms with Gasteiger partial charge in [-0.2, -0.15) is 4.31 Å². The van der Waals surface area contributed by atoms with Crippen LogP contribution in [-0.4, -0.2) is 60.1 Å². The number of nitrogens with two attached hydrogens (primary N) is 1. The van der Waals surface area contributed by atoms with Crippen LogP contribution in [0.15, 0.2) is 24.7 Å². The Morgan fingerprint density at radius 3 is 2.40 bits per heavy atom. The molecule has 9 heteroatoms. The van der Waals surface area contributed by atoms with Crippen molar-refractivity contribution in [1.82, 2.24) is 19.3 Å². The van der Waals surface area contributed by atoms with Gasteiger partial charge in [0.1, 0.15) is 18.0 Å². The molecule has 1 aliphatic rings. The Kier molecular flexibility index (Phi) is 4.87. The van der Waals surface area contributed by atoms with E-state index in [1.165, 1.54) is 10.6 Å². The highest BCUT2D eigenvalue weighted by molar-refractivity contribution is 7.88. The van der Waals surface area contributed by atoms with Crippen LogP contribution < -0.4 is 10.6 Å². The standard InChI is InChI=1S/C16H22N6O2S/c1-3-13-15(12-4-5-14(17)18-10-12)16(20-11-19-13)21-6-8-22(9-7-21)25(2,23)24/h4-5,10-11H,3,6-9H2,1-2H3,(H2,17,18). The molecule has 1 fully saturated rings. The smallest absolute Gasteiger partial charge is 0.211 e. The molecule has 0 radical (unpaired) electrons. The topological polar surface area (TPSA) is 105 Å². The van der Waals surface area contributed by atoms with Crippen molar-refractivity contribution in [2.75, 3.05) is 43.1 Å². The summed E-state index contributed by atoms with van der Waals surface area (Å²) in [5.74, 6) is 1.27. The van der Waals surface area contributed by atoms with E-state index < -0.39 is 10.0 Å². The van der Waals surface area contributed by atoms with E-state index in [0.717, 1.165) is 29.1 Å². The van der Waals surface area contributed by atoms with Gasteiger partial charge in [-0.1, -0.05) is 6.92 Å². The summed E-state index contributed by atoms with van der Waals surface area (Å²) in [4.78, 5) is 15.2. The maximum absolute atomic E-state index is 11.7. The average molecular weight is 362 g/mol. The number of anilines is 2. The Balaban J connectivity index is 1.96. The fraction of sp³-hybridized carbons (Fsp3) is 0.438. The van der Waals surface area contributed by atoms with E-state index in [4.69, 9.17) is 5.73 Å². The predicted molar refractivity (Wildman–Crippen MR) is 97.7 cm³/mol. The third kappa shape index (κ3) is 3.72. The molecule has 25 heavy (non-hydrogen) atoms.